The van der Waals surface area contributed by atoms with Crippen molar-refractivity contribution < 1.29 is 56.1 Å². The molecule has 0 fully saturated rings. The van der Waals surface area contributed by atoms with Crippen molar-refractivity contribution in [3.63, 3.8) is 0 Å². The third-order valence-electron chi connectivity index (χ3n) is 4.55. The molecule has 0 heterocycles. The third kappa shape index (κ3) is 7.34. The molecule has 0 radical (unpaired) electrons. The van der Waals surface area contributed by atoms with Crippen molar-refractivity contribution in [3.8, 4) is 5.75 Å². The number of primary amides is 1. The first-order chi connectivity index (χ1) is 10.7. The molecule has 0 aromatic heterocycles. The van der Waals surface area contributed by atoms with Crippen LogP contribution in [-0.2, 0) is 21.8 Å². The van der Waals surface area contributed by atoms with Crippen LogP contribution in [0.1, 0.15) is 38.1 Å². The number of benzene rings is 1. The van der Waals surface area contributed by atoms with Gasteiger partial charge in [0.25, 0.3) is 5.91 Å². The fourth-order valence-electron chi connectivity index (χ4n) is 3.02. The molecule has 1 amide bonds. The number of carbonyl (C=O) groups excluding carboxylic acids is 1. The Labute approximate surface area is 183 Å². The van der Waals surface area contributed by atoms with E-state index in [-0.39, 0.29) is 35.8 Å². The number of carbonyl (C=O) groups is 1. The number of para-hydroxylation sites is 1. The molecule has 1 aliphatic carbocycles. The number of allylic oxidation sites excluding steroid dienone is 4. The molecule has 1 atom stereocenters. The van der Waals surface area contributed by atoms with Gasteiger partial charge in [-0.05, 0) is 23.1 Å². The standard InChI is InChI=1S/C9H13.C8H9NO2.2CH3.2ClH.H4Si.Zr/c1-6-5-7(2)9(4)8(6)3;1-11-7-5-3-2-4-6(7)8(9)10;;;;;;/h6H,1-4H3;2-5H,1H3,(H2,9,10);2*1H3;2*1H;1H4;/q;;;;;;;+2/p-2. The van der Waals surface area contributed by atoms with Crippen LogP contribution in [-0.4, -0.2) is 24.0 Å². The first kappa shape index (κ1) is 30.4. The van der Waals surface area contributed by atoms with Crippen molar-refractivity contribution in [2.45, 2.75) is 37.0 Å². The van der Waals surface area contributed by atoms with Crippen molar-refractivity contribution in [2.24, 2.45) is 11.7 Å². The van der Waals surface area contributed by atoms with Gasteiger partial charge in [0, 0.05) is 0 Å². The molecule has 1 aliphatic rings. The predicted octanol–water partition coefficient (Wildman–Crippen LogP) is -2.69. The van der Waals surface area contributed by atoms with Gasteiger partial charge in [-0.15, -0.1) is 0 Å². The number of amides is 1. The Hall–Kier alpha value is -0.350. The van der Waals surface area contributed by atoms with E-state index in [0.29, 0.717) is 11.3 Å². The number of nitrogens with two attached hydrogens (primary N) is 1. The monoisotopic (exact) mass is 494 g/mol. The van der Waals surface area contributed by atoms with E-state index in [1.54, 1.807) is 41.0 Å². The second kappa shape index (κ2) is 13.8. The van der Waals surface area contributed by atoms with E-state index in [1.807, 2.05) is 3.28 Å². The Morgan fingerprint density at radius 1 is 1.08 bits per heavy atom. The molecule has 0 spiro atoms. The van der Waals surface area contributed by atoms with Gasteiger partial charge in [-0.2, -0.15) is 0 Å². The van der Waals surface area contributed by atoms with Crippen LogP contribution in [0.25, 0.3) is 0 Å². The number of hydrogen-bond donors (Lipinski definition) is 1. The van der Waals surface area contributed by atoms with Crippen molar-refractivity contribution in [3.05, 3.63) is 49.8 Å². The average molecular weight is 497 g/mol. The summed E-state index contributed by atoms with van der Waals surface area (Å²) < 4.78 is 11.7. The quantitative estimate of drug-likeness (QED) is 0.464. The first-order valence-corrected chi connectivity index (χ1v) is 14.0. The molecule has 147 valence electrons. The SMILES string of the molecule is CC1=C(C)C(C)[C]([Zr+2]([CH3])[CH3])=C1C.COc1ccccc1C(N)=O.[Cl-].[Cl-].[SiH4]. The maximum absolute atomic E-state index is 10.7. The van der Waals surface area contributed by atoms with Gasteiger partial charge in [0.15, 0.2) is 0 Å². The minimum Gasteiger partial charge on any atom is -1.00 e. The smallest absolute Gasteiger partial charge is 0.252 e. The van der Waals surface area contributed by atoms with Gasteiger partial charge in [0.2, 0.25) is 0 Å². The van der Waals surface area contributed by atoms with Crippen LogP contribution in [0.3, 0.4) is 0 Å². The molecule has 0 bridgehead atoms. The van der Waals surface area contributed by atoms with Crippen molar-refractivity contribution in [2.75, 3.05) is 7.11 Å². The molecule has 2 rings (SSSR count). The third-order valence-corrected chi connectivity index (χ3v) is 9.19. The molecule has 26 heavy (non-hydrogen) atoms. The van der Waals surface area contributed by atoms with Gasteiger partial charge in [-0.25, -0.2) is 0 Å². The number of halogens is 2. The summed E-state index contributed by atoms with van der Waals surface area (Å²) >= 11 is -1.11. The van der Waals surface area contributed by atoms with Crippen molar-refractivity contribution in [1.29, 1.82) is 0 Å². The molecule has 0 saturated heterocycles. The maximum Gasteiger partial charge on any atom is 0.252 e. The summed E-state index contributed by atoms with van der Waals surface area (Å²) in [7, 11) is 1.50. The van der Waals surface area contributed by atoms with Crippen LogP contribution >= 0.6 is 0 Å². The summed E-state index contributed by atoms with van der Waals surface area (Å²) in [6.45, 7) is 9.26. The second-order valence-electron chi connectivity index (χ2n) is 6.13. The van der Waals surface area contributed by atoms with Crippen LogP contribution in [0.2, 0.25) is 9.26 Å². The molecular weight excluding hydrogens is 464 g/mol. The van der Waals surface area contributed by atoms with E-state index in [4.69, 9.17) is 10.5 Å². The van der Waals surface area contributed by atoms with E-state index in [2.05, 4.69) is 37.0 Å². The minimum atomic E-state index is -1.11. The van der Waals surface area contributed by atoms with Crippen LogP contribution in [0.5, 0.6) is 5.75 Å². The Kier molecular flexibility index (Phi) is 16.1. The van der Waals surface area contributed by atoms with Crippen LogP contribution in [0, 0.1) is 5.92 Å². The molecular formula is C19H32Cl2NO2SiZr. The molecule has 1 unspecified atom stereocenters. The average Bonchev–Trinajstić information content (AvgIpc) is 2.71. The van der Waals surface area contributed by atoms with E-state index in [0.717, 1.165) is 5.92 Å². The van der Waals surface area contributed by atoms with Gasteiger partial charge in [-0.3, -0.25) is 4.79 Å². The zero-order chi connectivity index (χ0) is 17.7. The molecule has 1 aromatic rings. The topological polar surface area (TPSA) is 52.3 Å². The van der Waals surface area contributed by atoms with Crippen molar-refractivity contribution >= 4 is 16.9 Å². The zero-order valence-corrected chi connectivity index (χ0v) is 20.0. The fraction of sp³-hybridized carbons (Fsp3) is 0.421. The van der Waals surface area contributed by atoms with Crippen molar-refractivity contribution in [1.82, 2.24) is 0 Å². The Morgan fingerprint density at radius 2 is 1.58 bits per heavy atom. The molecule has 2 N–H and O–H groups in total. The summed E-state index contributed by atoms with van der Waals surface area (Å²) in [5, 5.41) is 0. The van der Waals surface area contributed by atoms with Gasteiger partial charge in [0.05, 0.1) is 12.7 Å². The first-order valence-electron chi connectivity index (χ1n) is 7.84. The Balaban J connectivity index is -0.000000366. The van der Waals surface area contributed by atoms with E-state index in [9.17, 15) is 4.79 Å². The number of ether oxygens (including phenoxy) is 1. The fourth-order valence-corrected chi connectivity index (χ4v) is 7.99. The van der Waals surface area contributed by atoms with E-state index < -0.39 is 27.7 Å². The largest absolute Gasteiger partial charge is 1.00 e. The molecule has 0 aliphatic heterocycles. The van der Waals surface area contributed by atoms with Crippen LogP contribution in [0.15, 0.2) is 44.3 Å². The summed E-state index contributed by atoms with van der Waals surface area (Å²) in [5.74, 6) is 0.817. The van der Waals surface area contributed by atoms with Gasteiger partial charge < -0.3 is 35.3 Å². The normalized spacial score (nSPS) is 15.0. The minimum absolute atomic E-state index is 0. The molecule has 1 aromatic carbocycles. The van der Waals surface area contributed by atoms with Crippen LogP contribution < -0.4 is 35.3 Å². The van der Waals surface area contributed by atoms with Gasteiger partial charge in [-0.1, -0.05) is 12.1 Å². The summed E-state index contributed by atoms with van der Waals surface area (Å²) in [5.41, 5.74) is 10.3. The Morgan fingerprint density at radius 3 is 1.85 bits per heavy atom. The Bertz CT molecular complexity index is 661. The molecule has 0 saturated carbocycles. The van der Waals surface area contributed by atoms with Gasteiger partial charge >= 0.3 is 84.6 Å². The second-order valence-corrected chi connectivity index (χ2v) is 12.4. The molecule has 7 heteroatoms. The van der Waals surface area contributed by atoms with Crippen LogP contribution in [0.4, 0.5) is 0 Å². The van der Waals surface area contributed by atoms with E-state index in [1.165, 1.54) is 7.11 Å². The van der Waals surface area contributed by atoms with Gasteiger partial charge in [0.1, 0.15) is 5.75 Å². The number of methoxy groups -OCH3 is 1. The molecule has 3 nitrogen and oxygen atoms in total. The summed E-state index contributed by atoms with van der Waals surface area (Å²) in [4.78, 5) is 10.7. The zero-order valence-electron chi connectivity index (χ0n) is 16.0. The summed E-state index contributed by atoms with van der Waals surface area (Å²) in [6.07, 6.45) is 0. The predicted molar refractivity (Wildman–Crippen MR) is 105 cm³/mol. The summed E-state index contributed by atoms with van der Waals surface area (Å²) in [6, 6.07) is 6.84. The number of hydrogen-bond acceptors (Lipinski definition) is 2. The number of rotatable bonds is 3. The van der Waals surface area contributed by atoms with E-state index >= 15 is 0 Å². The maximum atomic E-state index is 10.7.